The summed E-state index contributed by atoms with van der Waals surface area (Å²) in [5, 5.41) is 6.87. The van der Waals surface area contributed by atoms with Gasteiger partial charge < -0.3 is 10.1 Å². The molecule has 0 bridgehead atoms. The fourth-order valence-corrected chi connectivity index (χ4v) is 1.88. The molecule has 0 atom stereocenters. The molecule has 6 nitrogen and oxygen atoms in total. The Hall–Kier alpha value is -2.37. The molecule has 2 rings (SSSR count). The van der Waals surface area contributed by atoms with E-state index in [4.69, 9.17) is 4.74 Å². The summed E-state index contributed by atoms with van der Waals surface area (Å²) in [5.41, 5.74) is 1.64. The predicted octanol–water partition coefficient (Wildman–Crippen LogP) is 2.25. The van der Waals surface area contributed by atoms with Gasteiger partial charge >= 0.3 is 5.97 Å². The summed E-state index contributed by atoms with van der Waals surface area (Å²) in [6.45, 7) is 4.00. The maximum atomic E-state index is 11.8. The van der Waals surface area contributed by atoms with E-state index in [0.717, 1.165) is 6.42 Å². The van der Waals surface area contributed by atoms with Gasteiger partial charge in [-0.1, -0.05) is 6.92 Å². The molecule has 2 heterocycles. The maximum absolute atomic E-state index is 11.8. The van der Waals surface area contributed by atoms with Crippen LogP contribution in [0.25, 0.3) is 5.52 Å². The molecule has 1 amide bonds. The number of fused-ring (bicyclic) bond motifs is 1. The molecule has 0 aliphatic heterocycles. The Kier molecular flexibility index (Phi) is 4.34. The maximum Gasteiger partial charge on any atom is 0.341 e. The molecule has 2 aromatic rings. The van der Waals surface area contributed by atoms with Crippen molar-refractivity contribution in [2.75, 3.05) is 11.9 Å². The zero-order valence-corrected chi connectivity index (χ0v) is 11.5. The molecule has 0 aromatic carbocycles. The highest BCUT2D eigenvalue weighted by atomic mass is 16.5. The minimum atomic E-state index is -0.417. The first kappa shape index (κ1) is 14.0. The lowest BCUT2D eigenvalue weighted by molar-refractivity contribution is -0.116. The first-order valence-electron chi connectivity index (χ1n) is 6.60. The molecule has 0 radical (unpaired) electrons. The van der Waals surface area contributed by atoms with Crippen LogP contribution in [0.1, 0.15) is 37.0 Å². The number of anilines is 1. The van der Waals surface area contributed by atoms with E-state index in [0.29, 0.717) is 29.8 Å². The highest BCUT2D eigenvalue weighted by molar-refractivity contribution is 5.98. The summed E-state index contributed by atoms with van der Waals surface area (Å²) in [6.07, 6.45) is 4.41. The van der Waals surface area contributed by atoms with Crippen LogP contribution in [0.15, 0.2) is 24.5 Å². The number of ether oxygens (including phenoxy) is 1. The van der Waals surface area contributed by atoms with Crippen LogP contribution >= 0.6 is 0 Å². The van der Waals surface area contributed by atoms with Crippen molar-refractivity contribution < 1.29 is 14.3 Å². The number of nitrogens with one attached hydrogen (secondary N) is 1. The Morgan fingerprint density at radius 1 is 1.40 bits per heavy atom. The van der Waals surface area contributed by atoms with E-state index in [1.165, 1.54) is 6.20 Å². The number of nitrogens with zero attached hydrogens (tertiary/aromatic N) is 2. The van der Waals surface area contributed by atoms with Crippen molar-refractivity contribution in [3.63, 3.8) is 0 Å². The van der Waals surface area contributed by atoms with Crippen LogP contribution in [0, 0.1) is 0 Å². The van der Waals surface area contributed by atoms with Gasteiger partial charge in [0.15, 0.2) is 0 Å². The second kappa shape index (κ2) is 6.18. The van der Waals surface area contributed by atoms with Crippen LogP contribution < -0.4 is 5.32 Å². The molecule has 1 N–H and O–H groups in total. The van der Waals surface area contributed by atoms with E-state index in [1.54, 1.807) is 29.8 Å². The Morgan fingerprint density at radius 2 is 2.20 bits per heavy atom. The number of pyridine rings is 1. The van der Waals surface area contributed by atoms with Crippen LogP contribution in [0.3, 0.4) is 0 Å². The predicted molar refractivity (Wildman–Crippen MR) is 74.7 cm³/mol. The zero-order valence-electron chi connectivity index (χ0n) is 11.5. The van der Waals surface area contributed by atoms with E-state index in [1.807, 2.05) is 6.92 Å². The van der Waals surface area contributed by atoms with Crippen LogP contribution in [0.2, 0.25) is 0 Å². The summed E-state index contributed by atoms with van der Waals surface area (Å²) in [7, 11) is 0. The minimum absolute atomic E-state index is 0.0472. The molecule has 0 saturated heterocycles. The van der Waals surface area contributed by atoms with Gasteiger partial charge in [0.05, 0.1) is 18.3 Å². The number of hydrogen-bond acceptors (Lipinski definition) is 4. The SMILES string of the molecule is CCCC(=O)Nc1ccn2ncc(C(=O)OCC)c2c1. The molecule has 0 unspecified atom stereocenters. The molecular weight excluding hydrogens is 258 g/mol. The van der Waals surface area contributed by atoms with Gasteiger partial charge in [-0.3, -0.25) is 4.79 Å². The number of aromatic nitrogens is 2. The third kappa shape index (κ3) is 2.96. The normalized spacial score (nSPS) is 10.5. The molecule has 0 saturated carbocycles. The van der Waals surface area contributed by atoms with E-state index in [-0.39, 0.29) is 5.91 Å². The van der Waals surface area contributed by atoms with Crippen LogP contribution in [-0.2, 0) is 9.53 Å². The van der Waals surface area contributed by atoms with Crippen molar-refractivity contribution in [2.24, 2.45) is 0 Å². The fourth-order valence-electron chi connectivity index (χ4n) is 1.88. The summed E-state index contributed by atoms with van der Waals surface area (Å²) in [5.74, 6) is -0.464. The van der Waals surface area contributed by atoms with Crippen molar-refractivity contribution in [3.8, 4) is 0 Å². The van der Waals surface area contributed by atoms with Crippen molar-refractivity contribution in [1.82, 2.24) is 9.61 Å². The van der Waals surface area contributed by atoms with Gasteiger partial charge in [0.2, 0.25) is 5.91 Å². The largest absolute Gasteiger partial charge is 0.462 e. The molecular formula is C14H17N3O3. The quantitative estimate of drug-likeness (QED) is 0.849. The van der Waals surface area contributed by atoms with Gasteiger partial charge in [0.25, 0.3) is 0 Å². The lowest BCUT2D eigenvalue weighted by Gasteiger charge is -2.05. The van der Waals surface area contributed by atoms with Crippen LogP contribution in [0.4, 0.5) is 5.69 Å². The summed E-state index contributed by atoms with van der Waals surface area (Å²) >= 11 is 0. The van der Waals surface area contributed by atoms with E-state index in [9.17, 15) is 9.59 Å². The van der Waals surface area contributed by atoms with Gasteiger partial charge in [-0.05, 0) is 25.5 Å². The molecule has 106 valence electrons. The lowest BCUT2D eigenvalue weighted by Crippen LogP contribution is -2.11. The van der Waals surface area contributed by atoms with E-state index in [2.05, 4.69) is 10.4 Å². The Bertz CT molecular complexity index is 634. The second-order valence-corrected chi connectivity index (χ2v) is 4.32. The smallest absolute Gasteiger partial charge is 0.341 e. The van der Waals surface area contributed by atoms with Crippen LogP contribution in [-0.4, -0.2) is 28.1 Å². The van der Waals surface area contributed by atoms with Gasteiger partial charge in [0.1, 0.15) is 5.56 Å². The molecule has 20 heavy (non-hydrogen) atoms. The monoisotopic (exact) mass is 275 g/mol. The van der Waals surface area contributed by atoms with Crippen molar-refractivity contribution in [2.45, 2.75) is 26.7 Å². The fraction of sp³-hybridized carbons (Fsp3) is 0.357. The Balaban J connectivity index is 2.29. The molecule has 6 heteroatoms. The van der Waals surface area contributed by atoms with Crippen LogP contribution in [0.5, 0.6) is 0 Å². The summed E-state index contributed by atoms with van der Waals surface area (Å²) in [6, 6.07) is 3.45. The number of hydrogen-bond donors (Lipinski definition) is 1. The summed E-state index contributed by atoms with van der Waals surface area (Å²) < 4.78 is 6.55. The van der Waals surface area contributed by atoms with E-state index < -0.39 is 5.97 Å². The molecule has 2 aromatic heterocycles. The highest BCUT2D eigenvalue weighted by Gasteiger charge is 2.14. The van der Waals surface area contributed by atoms with Gasteiger partial charge in [-0.25, -0.2) is 9.31 Å². The lowest BCUT2D eigenvalue weighted by atomic mass is 10.2. The average molecular weight is 275 g/mol. The molecule has 0 aliphatic rings. The topological polar surface area (TPSA) is 72.7 Å². The standard InChI is InChI=1S/C14H17N3O3/c1-3-5-13(18)16-10-6-7-17-12(8-10)11(9-15-17)14(19)20-4-2/h6-9H,3-5H2,1-2H3,(H,16,18). The number of amides is 1. The zero-order chi connectivity index (χ0) is 14.5. The molecule has 0 fully saturated rings. The number of carbonyl (C=O) groups is 2. The summed E-state index contributed by atoms with van der Waals surface area (Å²) in [4.78, 5) is 23.4. The third-order valence-electron chi connectivity index (χ3n) is 2.78. The average Bonchev–Trinajstić information content (AvgIpc) is 2.82. The Labute approximate surface area is 116 Å². The van der Waals surface area contributed by atoms with Crippen molar-refractivity contribution >= 4 is 23.1 Å². The number of esters is 1. The number of rotatable bonds is 5. The molecule has 0 aliphatic carbocycles. The van der Waals surface area contributed by atoms with Crippen molar-refractivity contribution in [3.05, 3.63) is 30.1 Å². The first-order chi connectivity index (χ1) is 9.65. The first-order valence-corrected chi connectivity index (χ1v) is 6.60. The molecule has 0 spiro atoms. The third-order valence-corrected chi connectivity index (χ3v) is 2.78. The van der Waals surface area contributed by atoms with E-state index >= 15 is 0 Å². The highest BCUT2D eigenvalue weighted by Crippen LogP contribution is 2.17. The van der Waals surface area contributed by atoms with Gasteiger partial charge in [0, 0.05) is 18.3 Å². The second-order valence-electron chi connectivity index (χ2n) is 4.32. The minimum Gasteiger partial charge on any atom is -0.462 e. The van der Waals surface area contributed by atoms with Crippen molar-refractivity contribution in [1.29, 1.82) is 0 Å². The number of carbonyl (C=O) groups excluding carboxylic acids is 2. The Morgan fingerprint density at radius 3 is 2.90 bits per heavy atom. The van der Waals surface area contributed by atoms with Gasteiger partial charge in [-0.2, -0.15) is 5.10 Å². The van der Waals surface area contributed by atoms with Gasteiger partial charge in [-0.15, -0.1) is 0 Å².